The van der Waals surface area contributed by atoms with Crippen LogP contribution in [0.5, 0.6) is 0 Å². The third-order valence-corrected chi connectivity index (χ3v) is 2.37. The van der Waals surface area contributed by atoms with Crippen molar-refractivity contribution in [2.24, 2.45) is 0 Å². The highest BCUT2D eigenvalue weighted by Crippen LogP contribution is 2.07. The molecule has 1 heterocycles. The minimum Gasteiger partial charge on any atom is -0.379 e. The second-order valence-electron chi connectivity index (χ2n) is 3.98. The lowest BCUT2D eigenvalue weighted by molar-refractivity contribution is 0.0698. The summed E-state index contributed by atoms with van der Waals surface area (Å²) in [6, 6.07) is 0. The Kier molecular flexibility index (Phi) is 5.40. The van der Waals surface area contributed by atoms with E-state index in [9.17, 15) is 0 Å². The summed E-state index contributed by atoms with van der Waals surface area (Å²) in [5.74, 6) is 0. The normalized spacial score (nSPS) is 19.6. The maximum atomic E-state index is 5.50. The molecule has 1 aliphatic heterocycles. The van der Waals surface area contributed by atoms with E-state index in [2.05, 4.69) is 25.2 Å². The van der Waals surface area contributed by atoms with Crippen LogP contribution in [0.15, 0.2) is 0 Å². The lowest BCUT2D eigenvalue weighted by atomic mass is 10.1. The number of rotatable bonds is 5. The molecular weight excluding hydrogens is 162 g/mol. The van der Waals surface area contributed by atoms with Gasteiger partial charge in [-0.25, -0.2) is 0 Å². The Morgan fingerprint density at radius 2 is 2.00 bits per heavy atom. The molecule has 0 spiro atoms. The molecule has 77 valence electrons. The minimum atomic E-state index is 0.384. The van der Waals surface area contributed by atoms with Crippen molar-refractivity contribution in [3.63, 3.8) is 0 Å². The fourth-order valence-corrected chi connectivity index (χ4v) is 1.63. The molecule has 0 N–H and O–H groups in total. The summed E-state index contributed by atoms with van der Waals surface area (Å²) in [5.41, 5.74) is 0. The molecule has 0 atom stereocenters. The topological polar surface area (TPSA) is 12.5 Å². The fraction of sp³-hybridized carbons (Fsp3) is 0.909. The molecule has 0 amide bonds. The van der Waals surface area contributed by atoms with Gasteiger partial charge < -0.3 is 9.64 Å². The van der Waals surface area contributed by atoms with Crippen molar-refractivity contribution in [1.82, 2.24) is 4.90 Å². The Balaban J connectivity index is 1.92. The molecule has 1 radical (unpaired) electrons. The monoisotopic (exact) mass is 184 g/mol. The summed E-state index contributed by atoms with van der Waals surface area (Å²) in [6.07, 6.45) is 6.49. The van der Waals surface area contributed by atoms with E-state index in [0.717, 1.165) is 6.61 Å². The Bertz CT molecular complexity index is 119. The Labute approximate surface area is 82.3 Å². The summed E-state index contributed by atoms with van der Waals surface area (Å²) >= 11 is 0. The third-order valence-electron chi connectivity index (χ3n) is 2.37. The highest BCUT2D eigenvalue weighted by Gasteiger charge is 2.08. The van der Waals surface area contributed by atoms with Crippen LogP contribution in [0.2, 0.25) is 0 Å². The summed E-state index contributed by atoms with van der Waals surface area (Å²) in [6.45, 7) is 8.81. The molecule has 0 aromatic heterocycles. The summed E-state index contributed by atoms with van der Waals surface area (Å²) < 4.78 is 5.50. The number of piperidine rings is 1. The van der Waals surface area contributed by atoms with Crippen molar-refractivity contribution < 1.29 is 4.74 Å². The zero-order chi connectivity index (χ0) is 9.52. The van der Waals surface area contributed by atoms with Crippen LogP contribution in [0.3, 0.4) is 0 Å². The Morgan fingerprint density at radius 1 is 1.31 bits per heavy atom. The first-order valence-electron chi connectivity index (χ1n) is 5.44. The first-order chi connectivity index (χ1) is 6.29. The first-order valence-corrected chi connectivity index (χ1v) is 5.44. The van der Waals surface area contributed by atoms with Crippen molar-refractivity contribution in [3.05, 3.63) is 6.42 Å². The summed E-state index contributed by atoms with van der Waals surface area (Å²) in [7, 11) is 0. The van der Waals surface area contributed by atoms with E-state index in [1.165, 1.54) is 38.9 Å². The SMILES string of the molecule is CC(C)OCCCN1CC[CH]CC1. The lowest BCUT2D eigenvalue weighted by Gasteiger charge is -2.26. The maximum absolute atomic E-state index is 5.50. The zero-order valence-electron chi connectivity index (χ0n) is 8.96. The van der Waals surface area contributed by atoms with E-state index in [1.807, 2.05) is 0 Å². The van der Waals surface area contributed by atoms with Gasteiger partial charge in [0, 0.05) is 13.2 Å². The maximum Gasteiger partial charge on any atom is 0.0518 e. The molecule has 2 heteroatoms. The summed E-state index contributed by atoms with van der Waals surface area (Å²) in [4.78, 5) is 2.53. The predicted octanol–water partition coefficient (Wildman–Crippen LogP) is 2.10. The van der Waals surface area contributed by atoms with Crippen LogP contribution < -0.4 is 0 Å². The van der Waals surface area contributed by atoms with Crippen molar-refractivity contribution >= 4 is 0 Å². The average molecular weight is 184 g/mol. The largest absolute Gasteiger partial charge is 0.379 e. The van der Waals surface area contributed by atoms with Gasteiger partial charge >= 0.3 is 0 Å². The van der Waals surface area contributed by atoms with E-state index >= 15 is 0 Å². The second kappa shape index (κ2) is 6.39. The van der Waals surface area contributed by atoms with Crippen molar-refractivity contribution in [2.45, 2.75) is 39.2 Å². The molecule has 1 saturated heterocycles. The first kappa shape index (κ1) is 11.0. The second-order valence-corrected chi connectivity index (χ2v) is 3.98. The highest BCUT2D eigenvalue weighted by atomic mass is 16.5. The molecule has 1 rings (SSSR count). The molecule has 1 fully saturated rings. The van der Waals surface area contributed by atoms with E-state index in [-0.39, 0.29) is 0 Å². The number of ether oxygens (including phenoxy) is 1. The van der Waals surface area contributed by atoms with Gasteiger partial charge in [0.25, 0.3) is 0 Å². The van der Waals surface area contributed by atoms with Crippen LogP contribution in [0, 0.1) is 6.42 Å². The van der Waals surface area contributed by atoms with Crippen LogP contribution >= 0.6 is 0 Å². The zero-order valence-corrected chi connectivity index (χ0v) is 8.96. The van der Waals surface area contributed by atoms with Crippen LogP contribution in [-0.2, 0) is 4.74 Å². The van der Waals surface area contributed by atoms with Gasteiger partial charge in [-0.3, -0.25) is 0 Å². The Morgan fingerprint density at radius 3 is 2.62 bits per heavy atom. The molecule has 0 aromatic rings. The van der Waals surface area contributed by atoms with Crippen LogP contribution in [0.4, 0.5) is 0 Å². The van der Waals surface area contributed by atoms with E-state index in [4.69, 9.17) is 4.74 Å². The quantitative estimate of drug-likeness (QED) is 0.607. The third kappa shape index (κ3) is 5.27. The standard InChI is InChI=1S/C11H22NO/c1-11(2)13-10-6-9-12-7-4-3-5-8-12/h3,11H,4-10H2,1-2H3. The summed E-state index contributed by atoms with van der Waals surface area (Å²) in [5, 5.41) is 0. The van der Waals surface area contributed by atoms with Gasteiger partial charge in [0.05, 0.1) is 6.10 Å². The molecule has 0 aliphatic carbocycles. The predicted molar refractivity (Wildman–Crippen MR) is 55.7 cm³/mol. The Hall–Kier alpha value is -0.0800. The molecular formula is C11H22NO. The van der Waals surface area contributed by atoms with Crippen molar-refractivity contribution in [1.29, 1.82) is 0 Å². The molecule has 1 aliphatic rings. The van der Waals surface area contributed by atoms with E-state index in [1.54, 1.807) is 0 Å². The van der Waals surface area contributed by atoms with Crippen molar-refractivity contribution in [2.75, 3.05) is 26.2 Å². The number of likely N-dealkylation sites (tertiary alicyclic amines) is 1. The molecule has 0 bridgehead atoms. The molecule has 0 saturated carbocycles. The average Bonchev–Trinajstić information content (AvgIpc) is 2.14. The fourth-order valence-electron chi connectivity index (χ4n) is 1.63. The smallest absolute Gasteiger partial charge is 0.0518 e. The van der Waals surface area contributed by atoms with Gasteiger partial charge in [-0.05, 0) is 52.6 Å². The number of nitrogens with zero attached hydrogens (tertiary/aromatic N) is 1. The lowest BCUT2D eigenvalue weighted by Crippen LogP contribution is -2.31. The molecule has 2 nitrogen and oxygen atoms in total. The molecule has 0 aromatic carbocycles. The number of hydrogen-bond acceptors (Lipinski definition) is 2. The van der Waals surface area contributed by atoms with E-state index < -0.39 is 0 Å². The molecule has 13 heavy (non-hydrogen) atoms. The van der Waals surface area contributed by atoms with Crippen LogP contribution in [0.1, 0.15) is 33.1 Å². The van der Waals surface area contributed by atoms with Gasteiger partial charge in [0.2, 0.25) is 0 Å². The number of hydrogen-bond donors (Lipinski definition) is 0. The van der Waals surface area contributed by atoms with Crippen molar-refractivity contribution in [3.8, 4) is 0 Å². The van der Waals surface area contributed by atoms with Crippen LogP contribution in [-0.4, -0.2) is 37.2 Å². The van der Waals surface area contributed by atoms with Crippen LogP contribution in [0.25, 0.3) is 0 Å². The van der Waals surface area contributed by atoms with Gasteiger partial charge in [0.1, 0.15) is 0 Å². The van der Waals surface area contributed by atoms with E-state index in [0.29, 0.717) is 6.10 Å². The van der Waals surface area contributed by atoms with Gasteiger partial charge in [-0.2, -0.15) is 0 Å². The van der Waals surface area contributed by atoms with Gasteiger partial charge in [-0.15, -0.1) is 0 Å². The molecule has 0 unspecified atom stereocenters. The highest BCUT2D eigenvalue weighted by molar-refractivity contribution is 4.76. The minimum absolute atomic E-state index is 0.384. The van der Waals surface area contributed by atoms with Gasteiger partial charge in [-0.1, -0.05) is 0 Å². The van der Waals surface area contributed by atoms with Gasteiger partial charge in [0.15, 0.2) is 0 Å².